The second-order valence-corrected chi connectivity index (χ2v) is 24.1. The number of nitrogens with zero attached hydrogens (tertiary/aromatic N) is 7. The Morgan fingerprint density at radius 3 is 1.50 bits per heavy atom. The molecule has 0 saturated carbocycles. The summed E-state index contributed by atoms with van der Waals surface area (Å²) < 4.78 is 72.9. The van der Waals surface area contributed by atoms with Gasteiger partial charge >= 0.3 is 5.97 Å². The third-order valence-corrected chi connectivity index (χ3v) is 17.6. The second kappa shape index (κ2) is 34.3. The van der Waals surface area contributed by atoms with E-state index in [1.54, 1.807) is 6.92 Å². The van der Waals surface area contributed by atoms with Crippen molar-refractivity contribution in [3.8, 4) is 0 Å². The maximum Gasteiger partial charge on any atom is 0.303 e. The maximum atomic E-state index is 14.1. The van der Waals surface area contributed by atoms with E-state index in [2.05, 4.69) is 37.1 Å². The van der Waals surface area contributed by atoms with Gasteiger partial charge in [-0.05, 0) is 92.1 Å². The van der Waals surface area contributed by atoms with Crippen molar-refractivity contribution in [2.75, 3.05) is 19.7 Å². The number of Topliss-reactive ketones (excluding diaryl/α,β-unsaturated/α-hetero) is 3. The first kappa shape index (κ1) is 69.4. The summed E-state index contributed by atoms with van der Waals surface area (Å²) >= 11 is 0. The van der Waals surface area contributed by atoms with Gasteiger partial charge < -0.3 is 52.1 Å². The molecule has 0 N–H and O–H groups in total. The SMILES string of the molecule is CCC1O[C@H](O[C@H]2C(OCc3ccccc3)C(C)[C@H](O[C@H]3C(C)C(N=[N+]=[N-])[C@@H](OCCCCCN(CC(=O)c4ccccc4)Cc4ccccc4)O[C@H]3CC)O[C@H]2C(C)=O)C(N=[N+]=[N-])[C@@H](C)[C@@H]1O[C@@H]1OC(C(C)=O)[C@@H](C)[C@@H](OCc2ccccc2)C1OC(C)=O. The van der Waals surface area contributed by atoms with Crippen LogP contribution in [0.15, 0.2) is 132 Å². The van der Waals surface area contributed by atoms with E-state index in [9.17, 15) is 30.2 Å². The second-order valence-electron chi connectivity index (χ2n) is 24.1. The molecule has 0 aliphatic carbocycles. The number of carbonyl (C=O) groups is 4. The lowest BCUT2D eigenvalue weighted by Gasteiger charge is -2.51. The summed E-state index contributed by atoms with van der Waals surface area (Å²) in [4.78, 5) is 62.1. The van der Waals surface area contributed by atoms with Gasteiger partial charge in [-0.3, -0.25) is 24.1 Å². The zero-order valence-corrected chi connectivity index (χ0v) is 53.1. The van der Waals surface area contributed by atoms with Gasteiger partial charge in [-0.1, -0.05) is 173 Å². The van der Waals surface area contributed by atoms with Crippen molar-refractivity contribution in [1.82, 2.24) is 4.90 Å². The lowest BCUT2D eigenvalue weighted by molar-refractivity contribution is -0.358. The molecule has 90 heavy (non-hydrogen) atoms. The molecule has 4 aliphatic heterocycles. The molecule has 4 aromatic rings. The maximum absolute atomic E-state index is 14.1. The highest BCUT2D eigenvalue weighted by molar-refractivity contribution is 5.97. The topological polar surface area (TPSA) is 271 Å². The molecule has 22 heteroatoms. The molecule has 20 atom stereocenters. The number of hydrogen-bond acceptors (Lipinski definition) is 18. The van der Waals surface area contributed by atoms with E-state index in [0.717, 1.165) is 29.5 Å². The molecule has 8 unspecified atom stereocenters. The van der Waals surface area contributed by atoms with E-state index < -0.39 is 134 Å². The van der Waals surface area contributed by atoms with E-state index >= 15 is 0 Å². The van der Waals surface area contributed by atoms with E-state index in [-0.39, 0.29) is 24.8 Å². The number of benzene rings is 4. The molecule has 0 spiro atoms. The van der Waals surface area contributed by atoms with Crippen LogP contribution in [0, 0.1) is 23.7 Å². The average Bonchev–Trinajstić information content (AvgIpc) is 0.810. The van der Waals surface area contributed by atoms with Gasteiger partial charge in [0.25, 0.3) is 0 Å². The van der Waals surface area contributed by atoms with Crippen molar-refractivity contribution in [2.24, 2.45) is 33.9 Å². The Bertz CT molecular complexity index is 3000. The molecule has 4 aromatic carbocycles. The molecule has 4 aliphatic rings. The first-order chi connectivity index (χ1) is 43.5. The van der Waals surface area contributed by atoms with Gasteiger partial charge in [0, 0.05) is 47.3 Å². The van der Waals surface area contributed by atoms with Gasteiger partial charge in [0.2, 0.25) is 0 Å². The Labute approximate surface area is 528 Å². The minimum atomic E-state index is -1.32. The van der Waals surface area contributed by atoms with Gasteiger partial charge in [0.05, 0.1) is 62.4 Å². The Morgan fingerprint density at radius 2 is 0.978 bits per heavy atom. The van der Waals surface area contributed by atoms with Crippen LogP contribution in [0.25, 0.3) is 20.9 Å². The van der Waals surface area contributed by atoms with Crippen LogP contribution in [-0.2, 0) is 86.2 Å². The first-order valence-corrected chi connectivity index (χ1v) is 31.7. The molecule has 0 bridgehead atoms. The summed E-state index contributed by atoms with van der Waals surface area (Å²) in [6.07, 6.45) is -10.6. The normalized spacial score (nSPS) is 31.8. The zero-order valence-electron chi connectivity index (χ0n) is 53.1. The van der Waals surface area contributed by atoms with Gasteiger partial charge in [-0.25, -0.2) is 0 Å². The van der Waals surface area contributed by atoms with Crippen LogP contribution in [0.1, 0.15) is 121 Å². The van der Waals surface area contributed by atoms with E-state index in [1.165, 1.54) is 20.8 Å². The number of ketones is 3. The van der Waals surface area contributed by atoms with Crippen LogP contribution in [0.2, 0.25) is 0 Å². The van der Waals surface area contributed by atoms with Crippen molar-refractivity contribution >= 4 is 23.3 Å². The summed E-state index contributed by atoms with van der Waals surface area (Å²) in [6, 6.07) is 36.5. The van der Waals surface area contributed by atoms with Crippen LogP contribution in [0.3, 0.4) is 0 Å². The molecule has 8 rings (SSSR count). The fourth-order valence-electron chi connectivity index (χ4n) is 12.7. The summed E-state index contributed by atoms with van der Waals surface area (Å²) in [5.74, 6) is -3.56. The molecule has 0 radical (unpaired) electrons. The molecule has 4 heterocycles. The van der Waals surface area contributed by atoms with Crippen LogP contribution in [-0.4, -0.2) is 146 Å². The largest absolute Gasteiger partial charge is 0.454 e. The molecule has 4 saturated heterocycles. The molecule has 4 fully saturated rings. The van der Waals surface area contributed by atoms with Crippen molar-refractivity contribution in [3.05, 3.63) is 164 Å². The summed E-state index contributed by atoms with van der Waals surface area (Å²) in [7, 11) is 0. The lowest BCUT2D eigenvalue weighted by Crippen LogP contribution is -2.64. The van der Waals surface area contributed by atoms with Crippen LogP contribution >= 0.6 is 0 Å². The van der Waals surface area contributed by atoms with E-state index in [4.69, 9.17) is 52.1 Å². The van der Waals surface area contributed by atoms with E-state index in [0.29, 0.717) is 51.1 Å². The highest BCUT2D eigenvalue weighted by atomic mass is 16.8. The quantitative estimate of drug-likeness (QED) is 0.0113. The minimum Gasteiger partial charge on any atom is -0.454 e. The predicted octanol–water partition coefficient (Wildman–Crippen LogP) is 11.6. The summed E-state index contributed by atoms with van der Waals surface area (Å²) in [5.41, 5.74) is 23.6. The fraction of sp³-hybridized carbons (Fsp3) is 0.588. The van der Waals surface area contributed by atoms with Crippen LogP contribution < -0.4 is 0 Å². The molecular weight excluding hydrogens is 1150 g/mol. The van der Waals surface area contributed by atoms with Crippen LogP contribution in [0.5, 0.6) is 0 Å². The minimum absolute atomic E-state index is 0.0637. The standard InChI is InChI=1S/C68H89N7O15/c1-10-53-58(41(3)55(71-73-69)66(84-53)80-36-26-16-25-35-75(37-48-27-17-12-18-28-48)38-52(79)51-33-23-15-24-34-51)87-65-44(6)61(82-40-50-31-21-14-22-32-50)63(62(89-65)46(8)77)90-67-56(72-74-70)42(4)59(54(11-2)85-67)88-68-64(83-47(9)78)60(43(5)57(86-68)45(7)76)81-39-49-29-19-13-20-30-49/h12-15,17-24,27-34,41-44,53-68H,10-11,16,25-26,35-40H2,1-9H3/t41?,42-,43-,44?,53+,54?,55?,56?,57?,58+,59+,60-,61?,62+,63+,64?,65-,66+,67-,68+/m1/s1. The smallest absolute Gasteiger partial charge is 0.303 e. The van der Waals surface area contributed by atoms with Gasteiger partial charge in [-0.2, -0.15) is 0 Å². The number of esters is 1. The van der Waals surface area contributed by atoms with E-state index in [1.807, 2.05) is 144 Å². The van der Waals surface area contributed by atoms with Crippen molar-refractivity contribution < 1.29 is 71.3 Å². The average molecular weight is 1240 g/mol. The van der Waals surface area contributed by atoms with Crippen LogP contribution in [0.4, 0.5) is 0 Å². The molecule has 0 aromatic heterocycles. The number of unbranched alkanes of at least 4 members (excludes halogenated alkanes) is 2. The van der Waals surface area contributed by atoms with Gasteiger partial charge in [0.1, 0.15) is 24.4 Å². The number of hydrogen-bond donors (Lipinski definition) is 0. The Morgan fingerprint density at radius 1 is 0.500 bits per heavy atom. The number of azide groups is 2. The summed E-state index contributed by atoms with van der Waals surface area (Å²) in [6.45, 7) is 17.6. The third kappa shape index (κ3) is 18.2. The highest BCUT2D eigenvalue weighted by Crippen LogP contribution is 2.42. The van der Waals surface area contributed by atoms with Gasteiger partial charge in [0.15, 0.2) is 48.6 Å². The monoisotopic (exact) mass is 1240 g/mol. The molecule has 0 amide bonds. The third-order valence-electron chi connectivity index (χ3n) is 17.6. The van der Waals surface area contributed by atoms with Crippen molar-refractivity contribution in [1.29, 1.82) is 0 Å². The molecule has 486 valence electrons. The molecular formula is C68H89N7O15. The highest BCUT2D eigenvalue weighted by Gasteiger charge is 2.56. The van der Waals surface area contributed by atoms with Gasteiger partial charge in [-0.15, -0.1) is 0 Å². The summed E-state index contributed by atoms with van der Waals surface area (Å²) in [5, 5.41) is 8.43. The Hall–Kier alpha value is -6.46. The number of rotatable bonds is 31. The zero-order chi connectivity index (χ0) is 64.3. The Kier molecular flexibility index (Phi) is 26.4. The number of ether oxygens (including phenoxy) is 11. The lowest BCUT2D eigenvalue weighted by atomic mass is 9.85. The van der Waals surface area contributed by atoms with Crippen molar-refractivity contribution in [3.63, 3.8) is 0 Å². The van der Waals surface area contributed by atoms with Crippen molar-refractivity contribution in [2.45, 2.75) is 212 Å². The predicted molar refractivity (Wildman–Crippen MR) is 332 cm³/mol. The fourth-order valence-corrected chi connectivity index (χ4v) is 12.7. The Balaban J connectivity index is 0.964. The molecule has 22 nitrogen and oxygen atoms in total. The number of carbonyl (C=O) groups excluding carboxylic acids is 4. The first-order valence-electron chi connectivity index (χ1n) is 31.7.